The average molecular weight is 1680 g/mol. The topological polar surface area (TPSA) is 20.6 Å². The third-order valence-electron chi connectivity index (χ3n) is 21.6. The van der Waals surface area contributed by atoms with E-state index in [1.165, 1.54) is 170 Å². The second-order valence-electron chi connectivity index (χ2n) is 29.5. The zero-order valence-corrected chi connectivity index (χ0v) is 67.7. The van der Waals surface area contributed by atoms with Crippen molar-refractivity contribution in [3.8, 4) is 11.1 Å². The van der Waals surface area contributed by atoms with Gasteiger partial charge >= 0.3 is 0 Å². The van der Waals surface area contributed by atoms with Gasteiger partial charge in [0, 0.05) is 128 Å². The summed E-state index contributed by atoms with van der Waals surface area (Å²) in [5, 5.41) is 0. The van der Waals surface area contributed by atoms with E-state index in [0.717, 1.165) is 58.0 Å². The van der Waals surface area contributed by atoms with Crippen molar-refractivity contribution in [2.75, 3.05) is 76.9 Å². The first kappa shape index (κ1) is 92.7. The van der Waals surface area contributed by atoms with Gasteiger partial charge in [-0.3, -0.25) is 0 Å². The van der Waals surface area contributed by atoms with Gasteiger partial charge < -0.3 is 24.5 Å². The highest BCUT2D eigenvalue weighted by atomic mass is 19.2. The molecule has 0 spiro atoms. The van der Waals surface area contributed by atoms with E-state index in [-0.39, 0.29) is 0 Å². The Bertz CT molecular complexity index is 4480. The standard InChI is InChI=1S/C68H96N6.C24BF20/c1-9-17-49-69(50-18-10-2)58-33-41-63(42-34-58)73(64-43-35-59(36-44-64)70(51-19-11-3)52-20-12-4)62-31-29-57(30-32-62)67-27-25-26-28-68(67)74(65-45-37-60(38-46-65)71(53-21-13-5)54-22-14-6)66-47-39-61(40-48-66)72(55-23-15-7)56-24-16-8;26-5-1(6(27)14(35)21(42)13(5)34)25(2-7(28)15(36)22(43)16(37)8(2)29,3-9(30)17(38)23(44)18(39)10(3)31)4-11(32)19(40)24(45)20(41)12(4)33/h25-48H,9-24,49-56H2,1-8H3;/q;-1/p+1. The predicted octanol–water partition coefficient (Wildman–Crippen LogP) is 24.5. The van der Waals surface area contributed by atoms with E-state index >= 15 is 35.1 Å². The van der Waals surface area contributed by atoms with Crippen molar-refractivity contribution in [3.63, 3.8) is 0 Å². The Morgan fingerprint density at radius 2 is 0.403 bits per heavy atom. The number of para-hydroxylation sites is 1. The maximum absolute atomic E-state index is 15.4. The molecule has 638 valence electrons. The number of halogens is 20. The summed E-state index contributed by atoms with van der Waals surface area (Å²) in [5.41, 5.74) is 0.608. The number of nitrogens with zero attached hydrogens (tertiary/aromatic N) is 5. The number of unbranched alkanes of at least 4 members (excludes halogenated alkanes) is 8. The van der Waals surface area contributed by atoms with Crippen LogP contribution in [0.5, 0.6) is 0 Å². The summed E-state index contributed by atoms with van der Waals surface area (Å²) < 4.78 is 294. The highest BCUT2D eigenvalue weighted by molar-refractivity contribution is 7.20. The maximum atomic E-state index is 15.4. The Morgan fingerprint density at radius 1 is 0.218 bits per heavy atom. The van der Waals surface area contributed by atoms with Gasteiger partial charge in [0.25, 0.3) is 0 Å². The van der Waals surface area contributed by atoms with Crippen LogP contribution in [-0.4, -0.2) is 58.5 Å². The lowest BCUT2D eigenvalue weighted by atomic mass is 9.12. The molecule has 0 saturated carbocycles. The van der Waals surface area contributed by atoms with Crippen molar-refractivity contribution in [1.29, 1.82) is 0 Å². The Hall–Kier alpha value is -10.2. The highest BCUT2D eigenvalue weighted by Gasteiger charge is 2.52. The van der Waals surface area contributed by atoms with Gasteiger partial charge in [0.15, 0.2) is 69.8 Å². The number of hydrogen-bond acceptors (Lipinski definition) is 5. The molecule has 10 rings (SSSR count). The van der Waals surface area contributed by atoms with Gasteiger partial charge in [0.05, 0.1) is 0 Å². The largest absolute Gasteiger partial charge is 0.372 e. The van der Waals surface area contributed by atoms with E-state index in [0.29, 0.717) is 0 Å². The lowest BCUT2D eigenvalue weighted by Gasteiger charge is -2.44. The molecule has 0 aliphatic heterocycles. The van der Waals surface area contributed by atoms with Crippen LogP contribution in [-0.2, 0) is 0 Å². The molecule has 0 amide bonds. The summed E-state index contributed by atoms with van der Waals surface area (Å²) in [4.78, 5) is 14.1. The van der Waals surface area contributed by atoms with Crippen molar-refractivity contribution in [2.45, 2.75) is 158 Å². The minimum atomic E-state index is -7.22. The van der Waals surface area contributed by atoms with Crippen LogP contribution >= 0.6 is 0 Å². The van der Waals surface area contributed by atoms with E-state index in [4.69, 9.17) is 0 Å². The molecule has 0 radical (unpaired) electrons. The summed E-state index contributed by atoms with van der Waals surface area (Å²) in [6.07, 6.45) is 12.1. The molecular formula is C92H97BF20N6. The number of benzene rings is 10. The molecule has 0 aliphatic carbocycles. The molecule has 0 saturated heterocycles. The minimum absolute atomic E-state index is 1.10. The third-order valence-corrected chi connectivity index (χ3v) is 21.6. The van der Waals surface area contributed by atoms with E-state index in [1.807, 2.05) is 0 Å². The van der Waals surface area contributed by atoms with Crippen LogP contribution < -0.4 is 51.3 Å². The zero-order chi connectivity index (χ0) is 86.7. The summed E-state index contributed by atoms with van der Waals surface area (Å²) in [6.45, 7) is 27.1. The molecule has 10 aromatic rings. The number of quaternary nitrogens is 1. The fraction of sp³-hybridized carbons (Fsp3) is 0.348. The molecular weight excluding hydrogens is 1580 g/mol. The van der Waals surface area contributed by atoms with Crippen LogP contribution in [0, 0.1) is 116 Å². The molecule has 0 bridgehead atoms. The van der Waals surface area contributed by atoms with Crippen LogP contribution in [0.1, 0.15) is 158 Å². The number of hydrogen-bond donors (Lipinski definition) is 1. The average Bonchev–Trinajstić information content (AvgIpc) is 0.679. The van der Waals surface area contributed by atoms with E-state index in [9.17, 15) is 52.7 Å². The number of anilines is 7. The van der Waals surface area contributed by atoms with Crippen molar-refractivity contribution in [2.24, 2.45) is 0 Å². The Balaban J connectivity index is 0.000000305. The SMILES string of the molecule is CCCCN(CCCC)c1ccc(N(c2ccc(-c3ccccc3[NH+](c3ccc(N(CCCC)CCCC)cc3)c3ccc(N(CCCC)CCCC)cc3)cc2)c2ccc(N(CCCC)CCCC)cc2)cc1.Fc1c(F)c(F)c([B-](c2c(F)c(F)c(F)c(F)c2F)(c2c(F)c(F)c(F)c(F)c2F)c2c(F)c(F)c(F)c(F)c2F)c(F)c1F. The lowest BCUT2D eigenvalue weighted by Crippen LogP contribution is -2.96. The van der Waals surface area contributed by atoms with Crippen molar-refractivity contribution >= 4 is 84.9 Å². The molecule has 0 unspecified atom stereocenters. The van der Waals surface area contributed by atoms with E-state index in [2.05, 4.69) is 225 Å². The van der Waals surface area contributed by atoms with Crippen LogP contribution in [0.3, 0.4) is 0 Å². The van der Waals surface area contributed by atoms with Crippen molar-refractivity contribution in [1.82, 2.24) is 0 Å². The molecule has 0 atom stereocenters. The van der Waals surface area contributed by atoms with Gasteiger partial charge in [-0.25, -0.2) is 92.7 Å². The van der Waals surface area contributed by atoms with Crippen LogP contribution in [0.25, 0.3) is 11.1 Å². The molecule has 0 aromatic heterocycles. The van der Waals surface area contributed by atoms with E-state index in [1.54, 1.807) is 0 Å². The number of nitrogens with one attached hydrogen (secondary N) is 1. The maximum Gasteiger partial charge on any atom is 0.200 e. The van der Waals surface area contributed by atoms with Gasteiger partial charge in [-0.15, -0.1) is 21.9 Å². The summed E-state index contributed by atoms with van der Waals surface area (Å²) in [7, 11) is 0. The summed E-state index contributed by atoms with van der Waals surface area (Å²) in [5.74, 6) is -71.4. The Kier molecular flexibility index (Phi) is 33.2. The fourth-order valence-corrected chi connectivity index (χ4v) is 15.1. The Morgan fingerprint density at radius 3 is 0.622 bits per heavy atom. The zero-order valence-electron chi connectivity index (χ0n) is 67.7. The first-order chi connectivity index (χ1) is 57.1. The molecule has 27 heteroatoms. The van der Waals surface area contributed by atoms with Gasteiger partial charge in [0.2, 0.25) is 0 Å². The quantitative estimate of drug-likeness (QED) is 0.0179. The van der Waals surface area contributed by atoms with Crippen molar-refractivity contribution in [3.05, 3.63) is 262 Å². The molecule has 10 aromatic carbocycles. The smallest absolute Gasteiger partial charge is 0.200 e. The first-order valence-electron chi connectivity index (χ1n) is 40.6. The molecule has 0 aliphatic rings. The van der Waals surface area contributed by atoms with Crippen LogP contribution in [0.4, 0.5) is 145 Å². The summed E-state index contributed by atoms with van der Waals surface area (Å²) in [6, 6.07) is 56.2. The Labute approximate surface area is 682 Å². The highest BCUT2D eigenvalue weighted by Crippen LogP contribution is 2.40. The second kappa shape index (κ2) is 42.7. The fourth-order valence-electron chi connectivity index (χ4n) is 15.1. The van der Waals surface area contributed by atoms with E-state index < -0.39 is 144 Å². The predicted molar refractivity (Wildman–Crippen MR) is 437 cm³/mol. The van der Waals surface area contributed by atoms with Crippen molar-refractivity contribution < 1.29 is 92.7 Å². The van der Waals surface area contributed by atoms with Gasteiger partial charge in [-0.2, -0.15) is 0 Å². The van der Waals surface area contributed by atoms with Gasteiger partial charge in [-0.1, -0.05) is 131 Å². The van der Waals surface area contributed by atoms with Gasteiger partial charge in [0.1, 0.15) is 69.7 Å². The van der Waals surface area contributed by atoms with Crippen LogP contribution in [0.2, 0.25) is 0 Å². The first-order valence-corrected chi connectivity index (χ1v) is 40.6. The molecule has 119 heavy (non-hydrogen) atoms. The monoisotopic (exact) mass is 1680 g/mol. The van der Waals surface area contributed by atoms with Gasteiger partial charge in [-0.05, 0) is 148 Å². The second-order valence-corrected chi connectivity index (χ2v) is 29.5. The number of rotatable bonds is 39. The molecule has 0 heterocycles. The third kappa shape index (κ3) is 19.8. The molecule has 6 nitrogen and oxygen atoms in total. The summed E-state index contributed by atoms with van der Waals surface area (Å²) >= 11 is 0. The lowest BCUT2D eigenvalue weighted by molar-refractivity contribution is -0.680. The normalized spacial score (nSPS) is 11.6. The van der Waals surface area contributed by atoms with Crippen LogP contribution in [0.15, 0.2) is 146 Å². The molecule has 1 N–H and O–H groups in total. The molecule has 0 fully saturated rings. The minimum Gasteiger partial charge on any atom is -0.372 e.